The number of hydrogen-bond acceptors (Lipinski definition) is 7. The number of hydrogen-bond donors (Lipinski definition) is 6. The first-order valence-electron chi connectivity index (χ1n) is 10.8. The molecule has 1 saturated heterocycles. The van der Waals surface area contributed by atoms with E-state index in [0.717, 1.165) is 0 Å². The highest BCUT2D eigenvalue weighted by Gasteiger charge is 2.39. The summed E-state index contributed by atoms with van der Waals surface area (Å²) < 4.78 is 0. The SMILES string of the molecule is CCC(C)C(N)C(=O)N1CCCC1C(=O)NC(CC(N)=O)C(=O)NC(CCC(=O)O)C(=O)O. The molecular weight excluding hydrogens is 438 g/mol. The first-order valence-corrected chi connectivity index (χ1v) is 10.8. The Balaban J connectivity index is 2.94. The van der Waals surface area contributed by atoms with Crippen molar-refractivity contribution in [2.75, 3.05) is 6.54 Å². The average molecular weight is 472 g/mol. The molecular formula is C20H33N5O8. The van der Waals surface area contributed by atoms with Crippen molar-refractivity contribution >= 4 is 35.6 Å². The third kappa shape index (κ3) is 8.33. The number of nitrogens with one attached hydrogen (secondary N) is 2. The largest absolute Gasteiger partial charge is 0.481 e. The minimum atomic E-state index is -1.54. The highest BCUT2D eigenvalue weighted by molar-refractivity contribution is 5.96. The van der Waals surface area contributed by atoms with Crippen molar-refractivity contribution in [3.8, 4) is 0 Å². The Labute approximate surface area is 191 Å². The smallest absolute Gasteiger partial charge is 0.326 e. The molecule has 0 bridgehead atoms. The van der Waals surface area contributed by atoms with Crippen molar-refractivity contribution in [3.05, 3.63) is 0 Å². The summed E-state index contributed by atoms with van der Waals surface area (Å²) in [6.07, 6.45) is 0.0127. The fourth-order valence-corrected chi connectivity index (χ4v) is 3.47. The Bertz CT molecular complexity index is 774. The molecule has 0 aliphatic carbocycles. The molecule has 33 heavy (non-hydrogen) atoms. The van der Waals surface area contributed by atoms with Crippen LogP contribution in [0.1, 0.15) is 52.4 Å². The number of aliphatic carboxylic acids is 2. The molecule has 1 rings (SSSR count). The van der Waals surface area contributed by atoms with Crippen LogP contribution in [0.15, 0.2) is 0 Å². The van der Waals surface area contributed by atoms with E-state index >= 15 is 0 Å². The minimum Gasteiger partial charge on any atom is -0.481 e. The van der Waals surface area contributed by atoms with Gasteiger partial charge in [0.15, 0.2) is 0 Å². The number of carbonyl (C=O) groups excluding carboxylic acids is 4. The van der Waals surface area contributed by atoms with Crippen LogP contribution in [0.2, 0.25) is 0 Å². The monoisotopic (exact) mass is 471 g/mol. The summed E-state index contributed by atoms with van der Waals surface area (Å²) in [5.74, 6) is -5.85. The molecule has 4 amide bonds. The Hall–Kier alpha value is -3.22. The lowest BCUT2D eigenvalue weighted by Crippen LogP contribution is -2.57. The lowest BCUT2D eigenvalue weighted by atomic mass is 9.98. The molecule has 8 N–H and O–H groups in total. The van der Waals surface area contributed by atoms with Crippen LogP contribution in [-0.4, -0.2) is 81.4 Å². The van der Waals surface area contributed by atoms with E-state index in [9.17, 15) is 33.9 Å². The lowest BCUT2D eigenvalue weighted by Gasteiger charge is -2.30. The summed E-state index contributed by atoms with van der Waals surface area (Å²) in [7, 11) is 0. The van der Waals surface area contributed by atoms with Crippen molar-refractivity contribution < 1.29 is 39.0 Å². The summed E-state index contributed by atoms with van der Waals surface area (Å²) in [5, 5.41) is 22.5. The van der Waals surface area contributed by atoms with E-state index in [4.69, 9.17) is 16.6 Å². The van der Waals surface area contributed by atoms with Gasteiger partial charge in [-0.1, -0.05) is 20.3 Å². The molecule has 0 aromatic rings. The van der Waals surface area contributed by atoms with Gasteiger partial charge in [0.05, 0.1) is 12.5 Å². The van der Waals surface area contributed by atoms with E-state index in [0.29, 0.717) is 25.8 Å². The van der Waals surface area contributed by atoms with Gasteiger partial charge in [0.25, 0.3) is 0 Å². The van der Waals surface area contributed by atoms with Gasteiger partial charge in [0.2, 0.25) is 23.6 Å². The maximum absolute atomic E-state index is 12.9. The predicted octanol–water partition coefficient (Wildman–Crippen LogP) is -1.85. The quantitative estimate of drug-likeness (QED) is 0.177. The molecule has 0 radical (unpaired) electrons. The second-order valence-corrected chi connectivity index (χ2v) is 8.16. The van der Waals surface area contributed by atoms with E-state index in [1.54, 1.807) is 0 Å². The van der Waals surface area contributed by atoms with Crippen LogP contribution in [0, 0.1) is 5.92 Å². The molecule has 0 saturated carbocycles. The molecule has 186 valence electrons. The number of primary amides is 1. The summed E-state index contributed by atoms with van der Waals surface area (Å²) in [6.45, 7) is 4.02. The molecule has 0 aromatic heterocycles. The van der Waals surface area contributed by atoms with E-state index in [1.807, 2.05) is 13.8 Å². The Morgan fingerprint density at radius 1 is 1.09 bits per heavy atom. The predicted molar refractivity (Wildman–Crippen MR) is 114 cm³/mol. The first kappa shape index (κ1) is 27.8. The van der Waals surface area contributed by atoms with Gasteiger partial charge in [-0.25, -0.2) is 4.79 Å². The van der Waals surface area contributed by atoms with Gasteiger partial charge >= 0.3 is 11.9 Å². The Morgan fingerprint density at radius 3 is 2.24 bits per heavy atom. The van der Waals surface area contributed by atoms with Gasteiger partial charge in [-0.05, 0) is 25.2 Å². The van der Waals surface area contributed by atoms with Crippen LogP contribution in [-0.2, 0) is 28.8 Å². The van der Waals surface area contributed by atoms with E-state index in [1.165, 1.54) is 4.90 Å². The van der Waals surface area contributed by atoms with Crippen LogP contribution in [0.25, 0.3) is 0 Å². The third-order valence-corrected chi connectivity index (χ3v) is 5.68. The summed E-state index contributed by atoms with van der Waals surface area (Å²) >= 11 is 0. The fourth-order valence-electron chi connectivity index (χ4n) is 3.47. The van der Waals surface area contributed by atoms with Crippen molar-refractivity contribution in [3.63, 3.8) is 0 Å². The van der Waals surface area contributed by atoms with Gasteiger partial charge in [-0.2, -0.15) is 0 Å². The second kappa shape index (κ2) is 12.7. The van der Waals surface area contributed by atoms with Crippen LogP contribution in [0.4, 0.5) is 0 Å². The number of carbonyl (C=O) groups is 6. The maximum atomic E-state index is 12.9. The van der Waals surface area contributed by atoms with Crippen LogP contribution in [0.5, 0.6) is 0 Å². The lowest BCUT2D eigenvalue weighted by molar-refractivity contribution is -0.144. The zero-order chi connectivity index (χ0) is 25.3. The van der Waals surface area contributed by atoms with Crippen molar-refractivity contribution in [1.29, 1.82) is 0 Å². The average Bonchev–Trinajstić information content (AvgIpc) is 3.23. The third-order valence-electron chi connectivity index (χ3n) is 5.68. The molecule has 1 aliphatic rings. The topological polar surface area (TPSA) is 222 Å². The number of carboxylic acid groups (broad SMARTS) is 2. The zero-order valence-electron chi connectivity index (χ0n) is 18.8. The highest BCUT2D eigenvalue weighted by atomic mass is 16.4. The molecule has 13 nitrogen and oxygen atoms in total. The fraction of sp³-hybridized carbons (Fsp3) is 0.700. The highest BCUT2D eigenvalue weighted by Crippen LogP contribution is 2.21. The van der Waals surface area contributed by atoms with E-state index < -0.39 is 79.0 Å². The molecule has 1 heterocycles. The molecule has 0 spiro atoms. The number of rotatable bonds is 13. The molecule has 5 unspecified atom stereocenters. The van der Waals surface area contributed by atoms with Crippen LogP contribution < -0.4 is 22.1 Å². The first-order chi connectivity index (χ1) is 15.4. The number of carboxylic acids is 2. The maximum Gasteiger partial charge on any atom is 0.326 e. The standard InChI is InChI=1S/C20H33N5O8/c1-3-10(2)16(22)19(31)25-8-4-5-13(25)18(30)24-12(9-14(21)26)17(29)23-11(20(32)33)6-7-15(27)28/h10-13,16H,3-9,22H2,1-2H3,(H2,21,26)(H,23,29)(H,24,30)(H,27,28)(H,32,33). The van der Waals surface area contributed by atoms with Gasteiger partial charge in [-0.3, -0.25) is 24.0 Å². The van der Waals surface area contributed by atoms with Crippen LogP contribution >= 0.6 is 0 Å². The number of nitrogens with two attached hydrogens (primary N) is 2. The molecule has 1 aliphatic heterocycles. The Kier molecular flexibility index (Phi) is 10.7. The van der Waals surface area contributed by atoms with E-state index in [2.05, 4.69) is 10.6 Å². The molecule has 13 heteroatoms. The van der Waals surface area contributed by atoms with Crippen molar-refractivity contribution in [1.82, 2.24) is 15.5 Å². The number of likely N-dealkylation sites (tertiary alicyclic amines) is 1. The van der Waals surface area contributed by atoms with Crippen LogP contribution in [0.3, 0.4) is 0 Å². The number of amides is 4. The Morgan fingerprint density at radius 2 is 1.73 bits per heavy atom. The molecule has 0 aromatic carbocycles. The van der Waals surface area contributed by atoms with Crippen molar-refractivity contribution in [2.24, 2.45) is 17.4 Å². The number of nitrogens with zero attached hydrogens (tertiary/aromatic N) is 1. The van der Waals surface area contributed by atoms with Gasteiger partial charge in [0.1, 0.15) is 18.1 Å². The molecule has 1 fully saturated rings. The van der Waals surface area contributed by atoms with Crippen molar-refractivity contribution in [2.45, 2.75) is 76.5 Å². The second-order valence-electron chi connectivity index (χ2n) is 8.16. The van der Waals surface area contributed by atoms with Gasteiger partial charge < -0.3 is 37.2 Å². The minimum absolute atomic E-state index is 0.103. The summed E-state index contributed by atoms with van der Waals surface area (Å²) in [4.78, 5) is 73.1. The van der Waals surface area contributed by atoms with Gasteiger partial charge in [-0.15, -0.1) is 0 Å². The normalized spacial score (nSPS) is 19.1. The zero-order valence-corrected chi connectivity index (χ0v) is 18.8. The summed E-state index contributed by atoms with van der Waals surface area (Å²) in [5.41, 5.74) is 11.2. The van der Waals surface area contributed by atoms with Gasteiger partial charge in [0, 0.05) is 13.0 Å². The molecule has 5 atom stereocenters. The van der Waals surface area contributed by atoms with E-state index in [-0.39, 0.29) is 5.92 Å². The summed E-state index contributed by atoms with van der Waals surface area (Å²) in [6, 6.07) is -4.74.